The lowest BCUT2D eigenvalue weighted by Crippen LogP contribution is -2.10. The van der Waals surface area contributed by atoms with Gasteiger partial charge in [0.15, 0.2) is 0 Å². The Morgan fingerprint density at radius 2 is 2.08 bits per heavy atom. The quantitative estimate of drug-likeness (QED) is 0.532. The van der Waals surface area contributed by atoms with Crippen molar-refractivity contribution in [3.8, 4) is 0 Å². The molecule has 0 aliphatic rings. The van der Waals surface area contributed by atoms with Crippen LogP contribution in [0.3, 0.4) is 0 Å². The summed E-state index contributed by atoms with van der Waals surface area (Å²) < 4.78 is 0. The molecule has 0 spiro atoms. The predicted octanol–water partition coefficient (Wildman–Crippen LogP) is 2.49. The van der Waals surface area contributed by atoms with Gasteiger partial charge in [0.1, 0.15) is 0 Å². The second kappa shape index (κ2) is 4.12. The normalized spacial score (nSPS) is 12.6. The zero-order chi connectivity index (χ0) is 8.97. The van der Waals surface area contributed by atoms with Crippen molar-refractivity contribution in [1.29, 1.82) is 0 Å². The number of benzene rings is 1. The zero-order valence-corrected chi connectivity index (χ0v) is 7.67. The number of para-hydroxylation sites is 1. The lowest BCUT2D eigenvalue weighted by molar-refractivity contribution is 0.734. The van der Waals surface area contributed by atoms with Crippen LogP contribution in [-0.2, 0) is 0 Å². The fraction of sp³-hybridized carbons (Fsp3) is 0.400. The highest BCUT2D eigenvalue weighted by atomic mass is 15.2. The Morgan fingerprint density at radius 3 is 2.67 bits per heavy atom. The van der Waals surface area contributed by atoms with Gasteiger partial charge in [0, 0.05) is 0 Å². The van der Waals surface area contributed by atoms with Crippen molar-refractivity contribution in [2.24, 2.45) is 5.84 Å². The van der Waals surface area contributed by atoms with Crippen molar-refractivity contribution in [2.45, 2.75) is 26.2 Å². The molecule has 66 valence electrons. The van der Waals surface area contributed by atoms with Crippen LogP contribution in [0, 0.1) is 0 Å². The Morgan fingerprint density at radius 1 is 1.42 bits per heavy atom. The van der Waals surface area contributed by atoms with Crippen LogP contribution in [0.5, 0.6) is 0 Å². The number of hydrogen-bond donors (Lipinski definition) is 2. The smallest absolute Gasteiger partial charge is 0.0519 e. The predicted molar refractivity (Wildman–Crippen MR) is 53.0 cm³/mol. The summed E-state index contributed by atoms with van der Waals surface area (Å²) in [5.74, 6) is 5.96. The fourth-order valence-corrected chi connectivity index (χ4v) is 1.28. The van der Waals surface area contributed by atoms with Crippen molar-refractivity contribution < 1.29 is 0 Å². The maximum atomic E-state index is 5.39. The Bertz CT molecular complexity index is 245. The van der Waals surface area contributed by atoms with E-state index in [1.54, 1.807) is 0 Å². The first kappa shape index (κ1) is 9.07. The van der Waals surface area contributed by atoms with Crippen LogP contribution in [-0.4, -0.2) is 0 Å². The van der Waals surface area contributed by atoms with Crippen LogP contribution in [0.2, 0.25) is 0 Å². The molecule has 2 nitrogen and oxygen atoms in total. The summed E-state index contributed by atoms with van der Waals surface area (Å²) in [7, 11) is 0. The highest BCUT2D eigenvalue weighted by molar-refractivity contribution is 5.51. The number of nitrogens with two attached hydrogens (primary N) is 1. The zero-order valence-electron chi connectivity index (χ0n) is 7.67. The fourth-order valence-electron chi connectivity index (χ4n) is 1.28. The van der Waals surface area contributed by atoms with E-state index in [0.29, 0.717) is 5.92 Å². The van der Waals surface area contributed by atoms with Crippen molar-refractivity contribution >= 4 is 5.69 Å². The number of anilines is 1. The molecule has 0 saturated carbocycles. The number of rotatable bonds is 3. The molecular formula is C10H16N2. The van der Waals surface area contributed by atoms with Crippen LogP contribution in [0.1, 0.15) is 31.7 Å². The van der Waals surface area contributed by atoms with Crippen LogP contribution in [0.25, 0.3) is 0 Å². The summed E-state index contributed by atoms with van der Waals surface area (Å²) >= 11 is 0. The van der Waals surface area contributed by atoms with Gasteiger partial charge in [-0.25, -0.2) is 0 Å². The molecule has 12 heavy (non-hydrogen) atoms. The molecule has 1 aromatic carbocycles. The molecule has 0 amide bonds. The number of hydrogen-bond acceptors (Lipinski definition) is 2. The van der Waals surface area contributed by atoms with Crippen LogP contribution in [0.15, 0.2) is 24.3 Å². The molecule has 0 aromatic heterocycles. The van der Waals surface area contributed by atoms with E-state index in [4.69, 9.17) is 5.84 Å². The lowest BCUT2D eigenvalue weighted by Gasteiger charge is -2.13. The van der Waals surface area contributed by atoms with Crippen molar-refractivity contribution in [3.05, 3.63) is 29.8 Å². The monoisotopic (exact) mass is 164 g/mol. The molecule has 2 heteroatoms. The molecule has 1 aromatic rings. The van der Waals surface area contributed by atoms with E-state index in [9.17, 15) is 0 Å². The third-order valence-electron chi connectivity index (χ3n) is 2.26. The van der Waals surface area contributed by atoms with Crippen molar-refractivity contribution in [3.63, 3.8) is 0 Å². The molecular weight excluding hydrogens is 148 g/mol. The summed E-state index contributed by atoms with van der Waals surface area (Å²) in [5, 5.41) is 0. The second-order valence-corrected chi connectivity index (χ2v) is 3.04. The van der Waals surface area contributed by atoms with E-state index < -0.39 is 0 Å². The standard InChI is InChI=1S/C10H16N2/c1-3-8(2)9-6-4-5-7-10(9)12-11/h4-8,12H,3,11H2,1-2H3/t8-/m0/s1. The molecule has 0 saturated heterocycles. The molecule has 0 radical (unpaired) electrons. The van der Waals surface area contributed by atoms with E-state index in [0.717, 1.165) is 12.1 Å². The largest absolute Gasteiger partial charge is 0.324 e. The van der Waals surface area contributed by atoms with Crippen molar-refractivity contribution in [1.82, 2.24) is 0 Å². The van der Waals surface area contributed by atoms with Gasteiger partial charge >= 0.3 is 0 Å². The molecule has 0 unspecified atom stereocenters. The first-order chi connectivity index (χ1) is 5.79. The highest BCUT2D eigenvalue weighted by Gasteiger charge is 2.06. The minimum absolute atomic E-state index is 0.567. The van der Waals surface area contributed by atoms with E-state index in [2.05, 4.69) is 25.3 Å². The van der Waals surface area contributed by atoms with Gasteiger partial charge in [0.05, 0.1) is 5.69 Å². The van der Waals surface area contributed by atoms with Gasteiger partial charge in [-0.05, 0) is 24.0 Å². The van der Waals surface area contributed by atoms with Gasteiger partial charge < -0.3 is 5.43 Å². The minimum Gasteiger partial charge on any atom is -0.324 e. The lowest BCUT2D eigenvalue weighted by atomic mass is 9.97. The Labute approximate surface area is 73.8 Å². The third-order valence-corrected chi connectivity index (χ3v) is 2.26. The van der Waals surface area contributed by atoms with E-state index in [1.807, 2.05) is 18.2 Å². The molecule has 3 N–H and O–H groups in total. The Hall–Kier alpha value is -1.02. The van der Waals surface area contributed by atoms with Gasteiger partial charge in [0.25, 0.3) is 0 Å². The average Bonchev–Trinajstić information content (AvgIpc) is 2.16. The summed E-state index contributed by atoms with van der Waals surface area (Å²) in [6, 6.07) is 8.15. The molecule has 0 heterocycles. The van der Waals surface area contributed by atoms with Gasteiger partial charge in [-0.15, -0.1) is 0 Å². The van der Waals surface area contributed by atoms with Crippen LogP contribution < -0.4 is 11.3 Å². The Balaban J connectivity index is 2.96. The molecule has 0 fully saturated rings. The van der Waals surface area contributed by atoms with E-state index >= 15 is 0 Å². The van der Waals surface area contributed by atoms with Gasteiger partial charge in [0.2, 0.25) is 0 Å². The van der Waals surface area contributed by atoms with Crippen molar-refractivity contribution in [2.75, 3.05) is 5.43 Å². The average molecular weight is 164 g/mol. The summed E-state index contributed by atoms with van der Waals surface area (Å²) in [6.45, 7) is 4.38. The van der Waals surface area contributed by atoms with Crippen LogP contribution in [0.4, 0.5) is 5.69 Å². The Kier molecular flexibility index (Phi) is 3.11. The first-order valence-electron chi connectivity index (χ1n) is 4.35. The van der Waals surface area contributed by atoms with Gasteiger partial charge in [-0.2, -0.15) is 0 Å². The third kappa shape index (κ3) is 1.77. The summed E-state index contributed by atoms with van der Waals surface area (Å²) in [5.41, 5.74) is 5.04. The summed E-state index contributed by atoms with van der Waals surface area (Å²) in [6.07, 6.45) is 1.14. The van der Waals surface area contributed by atoms with E-state index in [-0.39, 0.29) is 0 Å². The topological polar surface area (TPSA) is 38.0 Å². The van der Waals surface area contributed by atoms with Crippen LogP contribution >= 0.6 is 0 Å². The minimum atomic E-state index is 0.567. The molecule has 0 bridgehead atoms. The molecule has 0 aliphatic heterocycles. The second-order valence-electron chi connectivity index (χ2n) is 3.04. The maximum absolute atomic E-state index is 5.39. The number of hydrazine groups is 1. The van der Waals surface area contributed by atoms with Gasteiger partial charge in [-0.3, -0.25) is 5.84 Å². The first-order valence-corrected chi connectivity index (χ1v) is 4.35. The van der Waals surface area contributed by atoms with E-state index in [1.165, 1.54) is 5.56 Å². The van der Waals surface area contributed by atoms with Gasteiger partial charge in [-0.1, -0.05) is 32.0 Å². The number of nitrogens with one attached hydrogen (secondary N) is 1. The SMILES string of the molecule is CC[C@H](C)c1ccccc1NN. The molecule has 0 aliphatic carbocycles. The summed E-state index contributed by atoms with van der Waals surface area (Å²) in [4.78, 5) is 0. The highest BCUT2D eigenvalue weighted by Crippen LogP contribution is 2.25. The molecule has 1 rings (SSSR count). The number of nitrogen functional groups attached to an aromatic ring is 1. The maximum Gasteiger partial charge on any atom is 0.0519 e. The molecule has 1 atom stereocenters.